The zero-order chi connectivity index (χ0) is 8.67. The third kappa shape index (κ3) is 1.50. The summed E-state index contributed by atoms with van der Waals surface area (Å²) in [4.78, 5) is 0. The first kappa shape index (κ1) is 8.25. The van der Waals surface area contributed by atoms with Crippen LogP contribution in [0.5, 0.6) is 0 Å². The fourth-order valence-corrected chi connectivity index (χ4v) is 2.99. The van der Waals surface area contributed by atoms with Crippen molar-refractivity contribution >= 4 is 0 Å². The minimum Gasteiger partial charge on any atom is -0.378 e. The molecule has 0 radical (unpaired) electrons. The van der Waals surface area contributed by atoms with Gasteiger partial charge in [-0.1, -0.05) is 6.42 Å². The number of fused-ring (bicyclic) bond motifs is 1. The standard InChI is InChI=1S/C11H18O2/c1-2-7-12-9(5-1)8-4-3-6-10-11(8)13-10/h8-11H,1-7H2. The Bertz CT molecular complexity index is 187. The van der Waals surface area contributed by atoms with E-state index in [2.05, 4.69) is 0 Å². The molecule has 3 rings (SSSR count). The molecule has 1 saturated carbocycles. The number of hydrogen-bond acceptors (Lipinski definition) is 2. The van der Waals surface area contributed by atoms with Gasteiger partial charge in [0.25, 0.3) is 0 Å². The molecule has 3 fully saturated rings. The van der Waals surface area contributed by atoms with Crippen molar-refractivity contribution in [1.82, 2.24) is 0 Å². The summed E-state index contributed by atoms with van der Waals surface area (Å²) in [6, 6.07) is 0. The van der Waals surface area contributed by atoms with E-state index in [0.29, 0.717) is 18.3 Å². The van der Waals surface area contributed by atoms with Crippen LogP contribution in [-0.4, -0.2) is 24.9 Å². The van der Waals surface area contributed by atoms with Crippen LogP contribution in [0, 0.1) is 5.92 Å². The summed E-state index contributed by atoms with van der Waals surface area (Å²) < 4.78 is 11.5. The van der Waals surface area contributed by atoms with Crippen LogP contribution >= 0.6 is 0 Å². The van der Waals surface area contributed by atoms with Crippen LogP contribution in [0.4, 0.5) is 0 Å². The molecule has 0 N–H and O–H groups in total. The number of epoxide rings is 1. The maximum atomic E-state index is 5.83. The van der Waals surface area contributed by atoms with Crippen LogP contribution in [0.15, 0.2) is 0 Å². The van der Waals surface area contributed by atoms with Crippen molar-refractivity contribution in [2.24, 2.45) is 5.92 Å². The molecule has 4 unspecified atom stereocenters. The van der Waals surface area contributed by atoms with Crippen LogP contribution in [0.2, 0.25) is 0 Å². The van der Waals surface area contributed by atoms with Crippen LogP contribution in [-0.2, 0) is 9.47 Å². The molecule has 0 bridgehead atoms. The van der Waals surface area contributed by atoms with E-state index in [9.17, 15) is 0 Å². The molecule has 2 heteroatoms. The second kappa shape index (κ2) is 3.25. The van der Waals surface area contributed by atoms with Gasteiger partial charge in [-0.2, -0.15) is 0 Å². The Hall–Kier alpha value is -0.0800. The smallest absolute Gasteiger partial charge is 0.0894 e. The lowest BCUT2D eigenvalue weighted by atomic mass is 9.83. The van der Waals surface area contributed by atoms with Gasteiger partial charge < -0.3 is 9.47 Å². The Morgan fingerprint density at radius 3 is 2.62 bits per heavy atom. The molecule has 3 aliphatic rings. The highest BCUT2D eigenvalue weighted by Gasteiger charge is 2.50. The van der Waals surface area contributed by atoms with Crippen molar-refractivity contribution in [3.63, 3.8) is 0 Å². The first-order valence-electron chi connectivity index (χ1n) is 5.72. The molecule has 2 nitrogen and oxygen atoms in total. The molecule has 2 heterocycles. The molecule has 74 valence electrons. The lowest BCUT2D eigenvalue weighted by Crippen LogP contribution is -2.33. The molecule has 0 aromatic carbocycles. The normalized spacial score (nSPS) is 49.8. The van der Waals surface area contributed by atoms with E-state index < -0.39 is 0 Å². The highest BCUT2D eigenvalue weighted by atomic mass is 16.6. The topological polar surface area (TPSA) is 21.8 Å². The monoisotopic (exact) mass is 182 g/mol. The van der Waals surface area contributed by atoms with E-state index in [1.54, 1.807) is 0 Å². The van der Waals surface area contributed by atoms with Crippen LogP contribution in [0.3, 0.4) is 0 Å². The van der Waals surface area contributed by atoms with Gasteiger partial charge in [0.1, 0.15) is 0 Å². The fraction of sp³-hybridized carbons (Fsp3) is 1.00. The molecular weight excluding hydrogens is 164 g/mol. The predicted molar refractivity (Wildman–Crippen MR) is 49.6 cm³/mol. The van der Waals surface area contributed by atoms with Gasteiger partial charge in [-0.25, -0.2) is 0 Å². The summed E-state index contributed by atoms with van der Waals surface area (Å²) in [7, 11) is 0. The van der Waals surface area contributed by atoms with E-state index in [0.717, 1.165) is 12.5 Å². The summed E-state index contributed by atoms with van der Waals surface area (Å²) in [6.07, 6.45) is 9.62. The first-order chi connectivity index (χ1) is 6.45. The largest absolute Gasteiger partial charge is 0.378 e. The second-order valence-corrected chi connectivity index (χ2v) is 4.64. The molecule has 13 heavy (non-hydrogen) atoms. The SMILES string of the molecule is C1CCC(C2CCCC3OC32)OC1. The maximum Gasteiger partial charge on any atom is 0.0894 e. The molecule has 0 amide bonds. The van der Waals surface area contributed by atoms with Crippen molar-refractivity contribution in [1.29, 1.82) is 0 Å². The van der Waals surface area contributed by atoms with Gasteiger partial charge in [-0.15, -0.1) is 0 Å². The highest BCUT2D eigenvalue weighted by Crippen LogP contribution is 2.44. The first-order valence-corrected chi connectivity index (χ1v) is 5.72. The third-order valence-corrected chi connectivity index (χ3v) is 3.76. The molecule has 2 aliphatic heterocycles. The zero-order valence-corrected chi connectivity index (χ0v) is 8.08. The van der Waals surface area contributed by atoms with Gasteiger partial charge in [-0.3, -0.25) is 0 Å². The Labute approximate surface area is 79.6 Å². The zero-order valence-electron chi connectivity index (χ0n) is 8.08. The van der Waals surface area contributed by atoms with Gasteiger partial charge in [0.2, 0.25) is 0 Å². The Morgan fingerprint density at radius 2 is 1.77 bits per heavy atom. The van der Waals surface area contributed by atoms with Crippen LogP contribution in [0.25, 0.3) is 0 Å². The highest BCUT2D eigenvalue weighted by molar-refractivity contribution is 4.97. The summed E-state index contributed by atoms with van der Waals surface area (Å²) in [6.45, 7) is 0.985. The van der Waals surface area contributed by atoms with E-state index in [1.807, 2.05) is 0 Å². The minimum atomic E-state index is 0.532. The van der Waals surface area contributed by atoms with E-state index in [4.69, 9.17) is 9.47 Å². The molecule has 0 aromatic rings. The van der Waals surface area contributed by atoms with Crippen LogP contribution in [0.1, 0.15) is 38.5 Å². The molecule has 1 aliphatic carbocycles. The molecule has 0 aromatic heterocycles. The van der Waals surface area contributed by atoms with Crippen molar-refractivity contribution in [2.75, 3.05) is 6.61 Å². The average molecular weight is 182 g/mol. The summed E-state index contributed by atoms with van der Waals surface area (Å²) >= 11 is 0. The molecule has 4 atom stereocenters. The van der Waals surface area contributed by atoms with Gasteiger partial charge in [0.05, 0.1) is 18.3 Å². The van der Waals surface area contributed by atoms with Crippen LogP contribution < -0.4 is 0 Å². The molecule has 0 spiro atoms. The fourth-order valence-electron chi connectivity index (χ4n) is 2.99. The Kier molecular flexibility index (Phi) is 2.06. The van der Waals surface area contributed by atoms with Crippen molar-refractivity contribution in [3.8, 4) is 0 Å². The molecular formula is C11H18O2. The predicted octanol–water partition coefficient (Wildman–Crippen LogP) is 2.12. The number of ether oxygens (including phenoxy) is 2. The average Bonchev–Trinajstić information content (AvgIpc) is 2.97. The lowest BCUT2D eigenvalue weighted by molar-refractivity contribution is -0.0317. The van der Waals surface area contributed by atoms with Crippen molar-refractivity contribution in [2.45, 2.75) is 56.8 Å². The number of rotatable bonds is 1. The Morgan fingerprint density at radius 1 is 0.846 bits per heavy atom. The lowest BCUT2D eigenvalue weighted by Gasteiger charge is -2.31. The van der Waals surface area contributed by atoms with Gasteiger partial charge >= 0.3 is 0 Å². The van der Waals surface area contributed by atoms with Crippen molar-refractivity contribution in [3.05, 3.63) is 0 Å². The third-order valence-electron chi connectivity index (χ3n) is 3.76. The van der Waals surface area contributed by atoms with E-state index in [1.165, 1.54) is 38.5 Å². The Balaban J connectivity index is 1.62. The van der Waals surface area contributed by atoms with E-state index >= 15 is 0 Å². The van der Waals surface area contributed by atoms with Crippen molar-refractivity contribution < 1.29 is 9.47 Å². The summed E-state index contributed by atoms with van der Waals surface area (Å²) in [5.74, 6) is 0.735. The van der Waals surface area contributed by atoms with Gasteiger partial charge in [0, 0.05) is 12.5 Å². The number of hydrogen-bond donors (Lipinski definition) is 0. The minimum absolute atomic E-state index is 0.532. The maximum absolute atomic E-state index is 5.83. The second-order valence-electron chi connectivity index (χ2n) is 4.64. The van der Waals surface area contributed by atoms with Gasteiger partial charge in [0.15, 0.2) is 0 Å². The van der Waals surface area contributed by atoms with Gasteiger partial charge in [-0.05, 0) is 32.1 Å². The molecule has 2 saturated heterocycles. The quantitative estimate of drug-likeness (QED) is 0.579. The summed E-state index contributed by atoms with van der Waals surface area (Å²) in [5.41, 5.74) is 0. The van der Waals surface area contributed by atoms with E-state index in [-0.39, 0.29) is 0 Å². The summed E-state index contributed by atoms with van der Waals surface area (Å²) in [5, 5.41) is 0.